The Morgan fingerprint density at radius 3 is 2.41 bits per heavy atom. The number of unbranched alkanes of at least 4 members (excludes halogenated alkanes) is 5. The van der Waals surface area contributed by atoms with Crippen LogP contribution in [0.4, 0.5) is 0 Å². The molecule has 0 N–H and O–H groups in total. The van der Waals surface area contributed by atoms with Crippen LogP contribution in [-0.2, 0) is 9.53 Å². The number of ether oxygens (including phenoxy) is 1. The number of hydrogen-bond acceptors (Lipinski definition) is 2. The third kappa shape index (κ3) is 5.42. The average Bonchev–Trinajstić information content (AvgIpc) is 2.53. The summed E-state index contributed by atoms with van der Waals surface area (Å²) in [6, 6.07) is 8.09. The van der Waals surface area contributed by atoms with Crippen molar-refractivity contribution in [3.8, 4) is 0 Å². The molecule has 1 aliphatic rings. The van der Waals surface area contributed by atoms with Gasteiger partial charge in [0.05, 0.1) is 5.92 Å². The summed E-state index contributed by atoms with van der Waals surface area (Å²) in [6.45, 7) is 2.24. The smallest absolute Gasteiger partial charge is 0.309 e. The van der Waals surface area contributed by atoms with Crippen LogP contribution in [0.15, 0.2) is 28.7 Å². The second-order valence-corrected chi connectivity index (χ2v) is 7.22. The van der Waals surface area contributed by atoms with Gasteiger partial charge in [-0.15, -0.1) is 0 Å². The predicted molar refractivity (Wildman–Crippen MR) is 93.7 cm³/mol. The van der Waals surface area contributed by atoms with Crippen LogP contribution < -0.4 is 0 Å². The average molecular weight is 367 g/mol. The largest absolute Gasteiger partial charge is 0.457 e. The number of halogens is 1. The Bertz CT molecular complexity index is 455. The van der Waals surface area contributed by atoms with Crippen LogP contribution in [0.1, 0.15) is 76.4 Å². The first-order valence-corrected chi connectivity index (χ1v) is 9.46. The zero-order chi connectivity index (χ0) is 15.8. The fourth-order valence-corrected chi connectivity index (χ4v) is 3.38. The van der Waals surface area contributed by atoms with Gasteiger partial charge >= 0.3 is 5.97 Å². The monoisotopic (exact) mass is 366 g/mol. The van der Waals surface area contributed by atoms with Crippen LogP contribution in [0, 0.1) is 5.92 Å². The summed E-state index contributed by atoms with van der Waals surface area (Å²) in [5, 5.41) is 0. The molecular weight excluding hydrogens is 340 g/mol. The molecule has 0 amide bonds. The van der Waals surface area contributed by atoms with Gasteiger partial charge in [0.15, 0.2) is 0 Å². The standard InChI is InChI=1S/C19H27BrO2/c1-2-3-4-5-6-7-8-16-11-14-18(22-19(16)21)15-9-12-17(20)13-10-15/h9-10,12-13,16,18H,2-8,11,14H2,1H3. The Hall–Kier alpha value is -0.830. The minimum Gasteiger partial charge on any atom is -0.457 e. The molecular formula is C19H27BrO2. The van der Waals surface area contributed by atoms with Crippen LogP contribution in [0.2, 0.25) is 0 Å². The topological polar surface area (TPSA) is 26.3 Å². The van der Waals surface area contributed by atoms with E-state index in [1.165, 1.54) is 32.1 Å². The van der Waals surface area contributed by atoms with Crippen LogP contribution in [0.5, 0.6) is 0 Å². The molecule has 1 aliphatic heterocycles. The highest BCUT2D eigenvalue weighted by Gasteiger charge is 2.30. The maximum Gasteiger partial charge on any atom is 0.309 e. The first-order chi connectivity index (χ1) is 10.7. The van der Waals surface area contributed by atoms with Crippen molar-refractivity contribution in [3.05, 3.63) is 34.3 Å². The molecule has 0 bridgehead atoms. The first kappa shape index (κ1) is 17.5. The Labute approximate surface area is 142 Å². The molecule has 2 atom stereocenters. The molecule has 2 unspecified atom stereocenters. The van der Waals surface area contributed by atoms with Gasteiger partial charge in [0, 0.05) is 4.47 Å². The van der Waals surface area contributed by atoms with Crippen LogP contribution in [0.25, 0.3) is 0 Å². The zero-order valence-electron chi connectivity index (χ0n) is 13.5. The minimum atomic E-state index is -0.0543. The van der Waals surface area contributed by atoms with Crippen LogP contribution >= 0.6 is 15.9 Å². The molecule has 3 heteroatoms. The molecule has 1 fully saturated rings. The maximum absolute atomic E-state index is 12.2. The fourth-order valence-electron chi connectivity index (χ4n) is 3.11. The number of benzene rings is 1. The predicted octanol–water partition coefficient (Wildman–Crippen LogP) is 6.19. The lowest BCUT2D eigenvalue weighted by atomic mass is 9.90. The van der Waals surface area contributed by atoms with Gasteiger partial charge in [-0.05, 0) is 37.0 Å². The summed E-state index contributed by atoms with van der Waals surface area (Å²) >= 11 is 3.43. The van der Waals surface area contributed by atoms with E-state index < -0.39 is 0 Å². The molecule has 2 rings (SSSR count). The summed E-state index contributed by atoms with van der Waals surface area (Å²) in [4.78, 5) is 12.2. The van der Waals surface area contributed by atoms with Crippen molar-refractivity contribution in [3.63, 3.8) is 0 Å². The molecule has 1 heterocycles. The summed E-state index contributed by atoms with van der Waals surface area (Å²) in [5.41, 5.74) is 1.11. The first-order valence-electron chi connectivity index (χ1n) is 8.66. The Morgan fingerprint density at radius 1 is 1.05 bits per heavy atom. The molecule has 1 aromatic rings. The van der Waals surface area contributed by atoms with E-state index in [-0.39, 0.29) is 18.0 Å². The molecule has 22 heavy (non-hydrogen) atoms. The zero-order valence-corrected chi connectivity index (χ0v) is 15.1. The van der Waals surface area contributed by atoms with Crippen molar-refractivity contribution < 1.29 is 9.53 Å². The number of carbonyl (C=O) groups is 1. The maximum atomic E-state index is 12.2. The number of hydrogen-bond donors (Lipinski definition) is 0. The second-order valence-electron chi connectivity index (χ2n) is 6.31. The van der Waals surface area contributed by atoms with Crippen molar-refractivity contribution in [2.45, 2.75) is 70.8 Å². The third-order valence-corrected chi connectivity index (χ3v) is 5.05. The van der Waals surface area contributed by atoms with E-state index in [0.717, 1.165) is 35.7 Å². The lowest BCUT2D eigenvalue weighted by Crippen LogP contribution is -2.26. The van der Waals surface area contributed by atoms with Gasteiger partial charge in [-0.1, -0.05) is 73.5 Å². The normalized spacial score (nSPS) is 21.6. The number of cyclic esters (lactones) is 1. The highest BCUT2D eigenvalue weighted by atomic mass is 79.9. The molecule has 1 aromatic carbocycles. The lowest BCUT2D eigenvalue weighted by Gasteiger charge is -2.28. The summed E-state index contributed by atoms with van der Waals surface area (Å²) in [7, 11) is 0. The summed E-state index contributed by atoms with van der Waals surface area (Å²) in [6.07, 6.45) is 10.5. The van der Waals surface area contributed by atoms with Crippen molar-refractivity contribution in [2.24, 2.45) is 5.92 Å². The Morgan fingerprint density at radius 2 is 1.73 bits per heavy atom. The van der Waals surface area contributed by atoms with Crippen molar-refractivity contribution in [1.82, 2.24) is 0 Å². The SMILES string of the molecule is CCCCCCCCC1CCC(c2ccc(Br)cc2)OC1=O. The van der Waals surface area contributed by atoms with Gasteiger partial charge in [0.25, 0.3) is 0 Å². The minimum absolute atomic E-state index is 0.00715. The molecule has 0 spiro atoms. The van der Waals surface area contributed by atoms with Gasteiger partial charge in [0.1, 0.15) is 6.10 Å². The van der Waals surface area contributed by atoms with E-state index in [2.05, 4.69) is 22.9 Å². The van der Waals surface area contributed by atoms with Gasteiger partial charge < -0.3 is 4.74 Å². The van der Waals surface area contributed by atoms with E-state index in [1.54, 1.807) is 0 Å². The van der Waals surface area contributed by atoms with E-state index in [9.17, 15) is 4.79 Å². The molecule has 122 valence electrons. The van der Waals surface area contributed by atoms with Crippen molar-refractivity contribution in [1.29, 1.82) is 0 Å². The van der Waals surface area contributed by atoms with Gasteiger partial charge in [-0.25, -0.2) is 0 Å². The summed E-state index contributed by atoms with van der Waals surface area (Å²) < 4.78 is 6.72. The Balaban J connectivity index is 1.71. The molecule has 2 nitrogen and oxygen atoms in total. The number of esters is 1. The van der Waals surface area contributed by atoms with E-state index in [0.29, 0.717) is 0 Å². The molecule has 0 radical (unpaired) electrons. The molecule has 1 saturated heterocycles. The van der Waals surface area contributed by atoms with Gasteiger partial charge in [-0.3, -0.25) is 4.79 Å². The summed E-state index contributed by atoms with van der Waals surface area (Å²) in [5.74, 6) is 0.130. The third-order valence-electron chi connectivity index (χ3n) is 4.52. The molecule has 0 aliphatic carbocycles. The van der Waals surface area contributed by atoms with E-state index in [1.807, 2.05) is 24.3 Å². The Kier molecular flexibility index (Phi) is 7.44. The van der Waals surface area contributed by atoms with Crippen LogP contribution in [0.3, 0.4) is 0 Å². The number of carbonyl (C=O) groups excluding carboxylic acids is 1. The van der Waals surface area contributed by atoms with Crippen LogP contribution in [-0.4, -0.2) is 5.97 Å². The van der Waals surface area contributed by atoms with Gasteiger partial charge in [-0.2, -0.15) is 0 Å². The lowest BCUT2D eigenvalue weighted by molar-refractivity contribution is -0.161. The quantitative estimate of drug-likeness (QED) is 0.404. The van der Waals surface area contributed by atoms with E-state index >= 15 is 0 Å². The fraction of sp³-hybridized carbons (Fsp3) is 0.632. The van der Waals surface area contributed by atoms with Crippen molar-refractivity contribution in [2.75, 3.05) is 0 Å². The van der Waals surface area contributed by atoms with E-state index in [4.69, 9.17) is 4.74 Å². The van der Waals surface area contributed by atoms with Gasteiger partial charge in [0.2, 0.25) is 0 Å². The number of rotatable bonds is 8. The van der Waals surface area contributed by atoms with Crippen molar-refractivity contribution >= 4 is 21.9 Å². The molecule has 0 aromatic heterocycles. The highest BCUT2D eigenvalue weighted by Crippen LogP contribution is 2.34. The highest BCUT2D eigenvalue weighted by molar-refractivity contribution is 9.10. The molecule has 0 saturated carbocycles. The second kappa shape index (κ2) is 9.34.